The molecule has 0 spiro atoms. The fraction of sp³-hybridized carbons (Fsp3) is 0.417. The van der Waals surface area contributed by atoms with E-state index in [1.807, 2.05) is 0 Å². The monoisotopic (exact) mass is 477 g/mol. The lowest BCUT2D eigenvalue weighted by atomic mass is 9.79. The Morgan fingerprint density at radius 2 is 2.03 bits per heavy atom. The van der Waals surface area contributed by atoms with Gasteiger partial charge in [-0.15, -0.1) is 0 Å². The van der Waals surface area contributed by atoms with Crippen LogP contribution in [-0.4, -0.2) is 37.9 Å². The van der Waals surface area contributed by atoms with Crippen molar-refractivity contribution in [2.45, 2.75) is 45.6 Å². The number of nitrogens with one attached hydrogen (secondary N) is 1. The minimum Gasteiger partial charge on any atom is -0.496 e. The summed E-state index contributed by atoms with van der Waals surface area (Å²) in [5, 5.41) is 4.92. The molecule has 1 aliphatic rings. The molecule has 8 heteroatoms. The van der Waals surface area contributed by atoms with Crippen LogP contribution in [0.3, 0.4) is 0 Å². The lowest BCUT2D eigenvalue weighted by Crippen LogP contribution is -2.48. The van der Waals surface area contributed by atoms with E-state index < -0.39 is 5.91 Å². The molecule has 172 valence electrons. The van der Waals surface area contributed by atoms with Crippen LogP contribution in [0.2, 0.25) is 10.0 Å². The normalized spacial score (nSPS) is 17.2. The quantitative estimate of drug-likeness (QED) is 0.413. The Hall–Kier alpha value is -2.44. The minimum absolute atomic E-state index is 0.0722. The number of fused-ring (bicyclic) bond motifs is 1. The minimum atomic E-state index is -0.406. The van der Waals surface area contributed by atoms with Crippen LogP contribution in [0.4, 0.5) is 5.69 Å². The zero-order valence-electron chi connectivity index (χ0n) is 19.0. The summed E-state index contributed by atoms with van der Waals surface area (Å²) in [5.41, 5.74) is 5.79. The molecule has 1 atom stereocenters. The van der Waals surface area contributed by atoms with Crippen molar-refractivity contribution >= 4 is 41.0 Å². The summed E-state index contributed by atoms with van der Waals surface area (Å²) in [6.45, 7) is 9.63. The highest BCUT2D eigenvalue weighted by molar-refractivity contribution is 6.35. The van der Waals surface area contributed by atoms with Gasteiger partial charge in [-0.2, -0.15) is 5.10 Å². The second-order valence-electron chi connectivity index (χ2n) is 8.47. The Balaban J connectivity index is 1.71. The number of nitrogens with zero attached hydrogens (tertiary/aromatic N) is 2. The average Bonchev–Trinajstić information content (AvgIpc) is 2.72. The van der Waals surface area contributed by atoms with E-state index in [0.717, 1.165) is 18.5 Å². The number of anilines is 1. The smallest absolute Gasteiger partial charge is 0.277 e. The van der Waals surface area contributed by atoms with Gasteiger partial charge < -0.3 is 14.4 Å². The molecule has 1 N–H and O–H groups in total. The highest BCUT2D eigenvalue weighted by Crippen LogP contribution is 2.45. The van der Waals surface area contributed by atoms with Crippen LogP contribution in [0.25, 0.3) is 0 Å². The summed E-state index contributed by atoms with van der Waals surface area (Å²) in [5.74, 6) is 1.07. The molecule has 0 aromatic heterocycles. The van der Waals surface area contributed by atoms with E-state index in [9.17, 15) is 4.79 Å². The molecule has 2 aromatic rings. The Morgan fingerprint density at radius 3 is 2.69 bits per heavy atom. The highest BCUT2D eigenvalue weighted by atomic mass is 35.5. The number of halogens is 2. The van der Waals surface area contributed by atoms with E-state index in [4.69, 9.17) is 32.7 Å². The third-order valence-electron chi connectivity index (χ3n) is 5.70. The van der Waals surface area contributed by atoms with Crippen molar-refractivity contribution in [1.29, 1.82) is 0 Å². The topological polar surface area (TPSA) is 63.2 Å². The first-order valence-electron chi connectivity index (χ1n) is 10.6. The number of amides is 1. The van der Waals surface area contributed by atoms with Gasteiger partial charge in [-0.05, 0) is 62.9 Å². The average molecular weight is 478 g/mol. The van der Waals surface area contributed by atoms with Gasteiger partial charge in [0.2, 0.25) is 0 Å². The Bertz CT molecular complexity index is 1020. The van der Waals surface area contributed by atoms with Crippen LogP contribution in [0.1, 0.15) is 51.2 Å². The molecule has 0 radical (unpaired) electrons. The van der Waals surface area contributed by atoms with Gasteiger partial charge in [0, 0.05) is 34.4 Å². The molecule has 1 heterocycles. The van der Waals surface area contributed by atoms with E-state index in [2.05, 4.69) is 55.3 Å². The predicted octanol–water partition coefficient (Wildman–Crippen LogP) is 5.64. The maximum atomic E-state index is 12.1. The third-order valence-corrected chi connectivity index (χ3v) is 6.23. The molecular formula is C24H29Cl2N3O3. The van der Waals surface area contributed by atoms with Gasteiger partial charge in [0.05, 0.1) is 18.3 Å². The molecule has 3 rings (SSSR count). The van der Waals surface area contributed by atoms with E-state index in [1.54, 1.807) is 31.5 Å². The van der Waals surface area contributed by atoms with Crippen molar-refractivity contribution in [2.75, 3.05) is 25.2 Å². The number of rotatable bonds is 7. The van der Waals surface area contributed by atoms with Crippen LogP contribution < -0.4 is 19.8 Å². The summed E-state index contributed by atoms with van der Waals surface area (Å²) in [6.07, 6.45) is 2.65. The first-order valence-corrected chi connectivity index (χ1v) is 11.3. The zero-order valence-corrected chi connectivity index (χ0v) is 20.5. The van der Waals surface area contributed by atoms with E-state index in [-0.39, 0.29) is 12.1 Å². The molecule has 32 heavy (non-hydrogen) atoms. The standard InChI is InChI=1S/C24H29Cl2N3O3/c1-6-29-20-11-22(31-5)16(9-18(20)15(2)12-24(29,3)4)13-27-28-23(30)14-32-21-8-7-17(25)10-19(21)26/h7-11,13,15H,6,12,14H2,1-5H3,(H,28,30)/b27-13+. The molecule has 0 saturated carbocycles. The molecular weight excluding hydrogens is 449 g/mol. The number of hydrazone groups is 1. The van der Waals surface area contributed by atoms with E-state index in [0.29, 0.717) is 27.5 Å². The molecule has 0 saturated heterocycles. The molecule has 1 amide bonds. The SMILES string of the molecule is CCN1c2cc(OC)c(/C=N/NC(=O)COc3ccc(Cl)cc3Cl)cc2C(C)CC1(C)C. The number of carbonyl (C=O) groups is 1. The number of methoxy groups -OCH3 is 1. The fourth-order valence-electron chi connectivity index (χ4n) is 4.35. The molecule has 0 fully saturated rings. The van der Waals surface area contributed by atoms with E-state index in [1.165, 1.54) is 11.3 Å². The second kappa shape index (κ2) is 10.0. The molecule has 6 nitrogen and oxygen atoms in total. The van der Waals surface area contributed by atoms with Gasteiger partial charge in [-0.25, -0.2) is 5.43 Å². The van der Waals surface area contributed by atoms with Gasteiger partial charge in [0.1, 0.15) is 11.5 Å². The summed E-state index contributed by atoms with van der Waals surface area (Å²) in [7, 11) is 1.63. The lowest BCUT2D eigenvalue weighted by Gasteiger charge is -2.47. The van der Waals surface area contributed by atoms with Gasteiger partial charge in [-0.3, -0.25) is 4.79 Å². The lowest BCUT2D eigenvalue weighted by molar-refractivity contribution is -0.123. The predicted molar refractivity (Wildman–Crippen MR) is 131 cm³/mol. The van der Waals surface area contributed by atoms with Crippen LogP contribution in [0.15, 0.2) is 35.4 Å². The van der Waals surface area contributed by atoms with Crippen LogP contribution in [-0.2, 0) is 4.79 Å². The maximum Gasteiger partial charge on any atom is 0.277 e. The van der Waals surface area contributed by atoms with E-state index >= 15 is 0 Å². The molecule has 1 aliphatic heterocycles. The largest absolute Gasteiger partial charge is 0.496 e. The number of hydrogen-bond donors (Lipinski definition) is 1. The van der Waals surface area contributed by atoms with Crippen LogP contribution >= 0.6 is 23.2 Å². The Kier molecular flexibility index (Phi) is 7.57. The van der Waals surface area contributed by atoms with Gasteiger partial charge >= 0.3 is 0 Å². The fourth-order valence-corrected chi connectivity index (χ4v) is 4.81. The third kappa shape index (κ3) is 5.30. The maximum absolute atomic E-state index is 12.1. The Labute approximate surface area is 199 Å². The van der Waals surface area contributed by atoms with Crippen molar-refractivity contribution in [3.8, 4) is 11.5 Å². The number of carbonyl (C=O) groups excluding carboxylic acids is 1. The zero-order chi connectivity index (χ0) is 23.5. The van der Waals surface area contributed by atoms with Crippen LogP contribution in [0, 0.1) is 0 Å². The molecule has 1 unspecified atom stereocenters. The van der Waals surface area contributed by atoms with Crippen molar-refractivity contribution in [2.24, 2.45) is 5.10 Å². The van der Waals surface area contributed by atoms with Crippen LogP contribution in [0.5, 0.6) is 11.5 Å². The number of benzene rings is 2. The summed E-state index contributed by atoms with van der Waals surface area (Å²) >= 11 is 11.9. The first-order chi connectivity index (χ1) is 15.2. The summed E-state index contributed by atoms with van der Waals surface area (Å²) in [4.78, 5) is 14.5. The molecule has 0 aliphatic carbocycles. The van der Waals surface area contributed by atoms with Crippen molar-refractivity contribution < 1.29 is 14.3 Å². The van der Waals surface area contributed by atoms with Gasteiger partial charge in [0.25, 0.3) is 5.91 Å². The van der Waals surface area contributed by atoms with Crippen molar-refractivity contribution in [3.05, 3.63) is 51.5 Å². The summed E-state index contributed by atoms with van der Waals surface area (Å²) < 4.78 is 11.0. The Morgan fingerprint density at radius 1 is 1.28 bits per heavy atom. The van der Waals surface area contributed by atoms with Gasteiger partial charge in [0.15, 0.2) is 6.61 Å². The van der Waals surface area contributed by atoms with Crippen molar-refractivity contribution in [3.63, 3.8) is 0 Å². The van der Waals surface area contributed by atoms with Crippen molar-refractivity contribution in [1.82, 2.24) is 5.43 Å². The number of ether oxygens (including phenoxy) is 2. The second-order valence-corrected chi connectivity index (χ2v) is 9.32. The molecule has 0 bridgehead atoms. The van der Waals surface area contributed by atoms with Gasteiger partial charge in [-0.1, -0.05) is 30.1 Å². The summed E-state index contributed by atoms with van der Waals surface area (Å²) in [6, 6.07) is 8.96. The number of hydrogen-bond acceptors (Lipinski definition) is 5. The highest BCUT2D eigenvalue weighted by Gasteiger charge is 2.36. The first kappa shape index (κ1) is 24.2. The molecule has 2 aromatic carbocycles.